The maximum absolute atomic E-state index is 13.3. The number of ether oxygens (including phenoxy) is 1. The van der Waals surface area contributed by atoms with E-state index in [1.165, 1.54) is 30.9 Å². The van der Waals surface area contributed by atoms with Crippen LogP contribution in [0, 0.1) is 6.92 Å². The summed E-state index contributed by atoms with van der Waals surface area (Å²) in [6.07, 6.45) is 1.85. The molecule has 1 saturated heterocycles. The van der Waals surface area contributed by atoms with Gasteiger partial charge in [0.05, 0.1) is 30.2 Å². The average Bonchev–Trinajstić information content (AvgIpc) is 3.32. The molecule has 4 rings (SSSR count). The van der Waals surface area contributed by atoms with Crippen molar-refractivity contribution in [3.63, 3.8) is 0 Å². The standard InChI is InChI=1S/C23H26N4O5S2/c1-16-6-4-5-7-18(16)22-24-21(32-25-22)15-26(2)34(29,30)17-8-9-20(33-3)19(14-17)23(28)27-10-12-31-13-11-27/h4-9,14H,10-13,15H2,1-3H3. The van der Waals surface area contributed by atoms with Crippen LogP contribution in [0.15, 0.2) is 56.8 Å². The van der Waals surface area contributed by atoms with E-state index in [0.717, 1.165) is 20.3 Å². The van der Waals surface area contributed by atoms with E-state index in [0.29, 0.717) is 37.7 Å². The highest BCUT2D eigenvalue weighted by Crippen LogP contribution is 2.27. The number of hydrogen-bond acceptors (Lipinski definition) is 8. The number of sulfonamides is 1. The Hall–Kier alpha value is -2.73. The Morgan fingerprint density at radius 2 is 1.91 bits per heavy atom. The molecule has 0 spiro atoms. The van der Waals surface area contributed by atoms with Crippen LogP contribution in [0.25, 0.3) is 11.4 Å². The highest BCUT2D eigenvalue weighted by atomic mass is 32.2. The number of aromatic nitrogens is 2. The van der Waals surface area contributed by atoms with Crippen LogP contribution in [0.2, 0.25) is 0 Å². The molecule has 1 aromatic heterocycles. The van der Waals surface area contributed by atoms with Crippen molar-refractivity contribution in [1.82, 2.24) is 19.3 Å². The van der Waals surface area contributed by atoms with Crippen molar-refractivity contribution >= 4 is 27.7 Å². The van der Waals surface area contributed by atoms with Gasteiger partial charge in [-0.3, -0.25) is 4.79 Å². The molecule has 11 heteroatoms. The zero-order valence-corrected chi connectivity index (χ0v) is 20.9. The highest BCUT2D eigenvalue weighted by Gasteiger charge is 2.27. The molecule has 0 aliphatic carbocycles. The Labute approximate surface area is 203 Å². The second-order valence-electron chi connectivity index (χ2n) is 7.85. The van der Waals surface area contributed by atoms with E-state index in [2.05, 4.69) is 10.1 Å². The third-order valence-electron chi connectivity index (χ3n) is 5.62. The van der Waals surface area contributed by atoms with Crippen molar-refractivity contribution in [3.05, 3.63) is 59.5 Å². The summed E-state index contributed by atoms with van der Waals surface area (Å²) in [6.45, 7) is 3.73. The maximum atomic E-state index is 13.3. The SMILES string of the molecule is CSc1ccc(S(=O)(=O)N(C)Cc2nc(-c3ccccc3C)no2)cc1C(=O)N1CCOCC1. The van der Waals surface area contributed by atoms with E-state index in [9.17, 15) is 13.2 Å². The highest BCUT2D eigenvalue weighted by molar-refractivity contribution is 7.98. The van der Waals surface area contributed by atoms with Gasteiger partial charge in [0.1, 0.15) is 0 Å². The molecule has 0 atom stereocenters. The molecule has 1 fully saturated rings. The molecule has 0 unspecified atom stereocenters. The molecule has 0 bridgehead atoms. The van der Waals surface area contributed by atoms with Gasteiger partial charge in [-0.05, 0) is 36.9 Å². The molecule has 0 saturated carbocycles. The zero-order chi connectivity index (χ0) is 24.3. The minimum atomic E-state index is -3.91. The normalized spacial score (nSPS) is 14.5. The van der Waals surface area contributed by atoms with E-state index < -0.39 is 10.0 Å². The van der Waals surface area contributed by atoms with Gasteiger partial charge >= 0.3 is 0 Å². The van der Waals surface area contributed by atoms with Crippen LogP contribution < -0.4 is 0 Å². The quantitative estimate of drug-likeness (QED) is 0.454. The summed E-state index contributed by atoms with van der Waals surface area (Å²) >= 11 is 1.40. The summed E-state index contributed by atoms with van der Waals surface area (Å²) in [5.74, 6) is 0.378. The topological polar surface area (TPSA) is 106 Å². The van der Waals surface area contributed by atoms with Crippen LogP contribution in [0.1, 0.15) is 21.8 Å². The summed E-state index contributed by atoms with van der Waals surface area (Å²) in [4.78, 5) is 19.9. The van der Waals surface area contributed by atoms with Crippen molar-refractivity contribution in [3.8, 4) is 11.4 Å². The molecule has 34 heavy (non-hydrogen) atoms. The molecule has 0 N–H and O–H groups in total. The van der Waals surface area contributed by atoms with Gasteiger partial charge in [-0.1, -0.05) is 29.4 Å². The van der Waals surface area contributed by atoms with Gasteiger partial charge in [0, 0.05) is 30.6 Å². The average molecular weight is 503 g/mol. The zero-order valence-electron chi connectivity index (χ0n) is 19.2. The lowest BCUT2D eigenvalue weighted by atomic mass is 10.1. The Morgan fingerprint density at radius 3 is 2.62 bits per heavy atom. The van der Waals surface area contributed by atoms with Crippen LogP contribution in [0.4, 0.5) is 0 Å². The predicted octanol–water partition coefficient (Wildman–Crippen LogP) is 3.06. The largest absolute Gasteiger partial charge is 0.378 e. The number of nitrogens with zero attached hydrogens (tertiary/aromatic N) is 4. The van der Waals surface area contributed by atoms with Crippen LogP contribution in [-0.2, 0) is 21.3 Å². The second kappa shape index (κ2) is 10.3. The smallest absolute Gasteiger partial charge is 0.255 e. The molecule has 1 aliphatic heterocycles. The summed E-state index contributed by atoms with van der Waals surface area (Å²) in [7, 11) is -2.47. The molecule has 3 aromatic rings. The lowest BCUT2D eigenvalue weighted by molar-refractivity contribution is 0.0300. The predicted molar refractivity (Wildman–Crippen MR) is 128 cm³/mol. The minimum absolute atomic E-state index is 0.0306. The second-order valence-corrected chi connectivity index (χ2v) is 10.7. The first-order valence-corrected chi connectivity index (χ1v) is 13.4. The summed E-state index contributed by atoms with van der Waals surface area (Å²) in [5.41, 5.74) is 2.17. The Bertz CT molecular complexity index is 1290. The molecular weight excluding hydrogens is 476 g/mol. The number of thioether (sulfide) groups is 1. The van der Waals surface area contributed by atoms with Crippen LogP contribution in [0.5, 0.6) is 0 Å². The lowest BCUT2D eigenvalue weighted by Gasteiger charge is -2.27. The molecule has 1 aliphatic rings. The van der Waals surface area contributed by atoms with E-state index in [4.69, 9.17) is 9.26 Å². The van der Waals surface area contributed by atoms with Gasteiger partial charge in [-0.15, -0.1) is 11.8 Å². The number of amides is 1. The number of carbonyl (C=O) groups is 1. The number of aryl methyl sites for hydroxylation is 1. The molecule has 180 valence electrons. The van der Waals surface area contributed by atoms with E-state index in [1.807, 2.05) is 37.4 Å². The Balaban J connectivity index is 1.57. The van der Waals surface area contributed by atoms with Crippen LogP contribution >= 0.6 is 11.8 Å². The monoisotopic (exact) mass is 502 g/mol. The lowest BCUT2D eigenvalue weighted by Crippen LogP contribution is -2.41. The summed E-state index contributed by atoms with van der Waals surface area (Å²) < 4.78 is 38.4. The fourth-order valence-electron chi connectivity index (χ4n) is 3.66. The number of morpholine rings is 1. The first-order valence-electron chi connectivity index (χ1n) is 10.7. The number of hydrogen-bond donors (Lipinski definition) is 0. The Kier molecular flexibility index (Phi) is 7.36. The maximum Gasteiger partial charge on any atom is 0.255 e. The third-order valence-corrected chi connectivity index (χ3v) is 8.22. The van der Waals surface area contributed by atoms with Crippen molar-refractivity contribution < 1.29 is 22.5 Å². The van der Waals surface area contributed by atoms with Crippen molar-refractivity contribution in [2.24, 2.45) is 0 Å². The van der Waals surface area contributed by atoms with Gasteiger partial charge in [-0.2, -0.15) is 9.29 Å². The molecule has 2 aromatic carbocycles. The minimum Gasteiger partial charge on any atom is -0.378 e. The number of benzene rings is 2. The van der Waals surface area contributed by atoms with E-state index in [1.54, 1.807) is 11.0 Å². The molecular formula is C23H26N4O5S2. The fraction of sp³-hybridized carbons (Fsp3) is 0.348. The van der Waals surface area contributed by atoms with Gasteiger partial charge < -0.3 is 14.2 Å². The Morgan fingerprint density at radius 1 is 1.18 bits per heavy atom. The van der Waals surface area contributed by atoms with Gasteiger partial charge in [-0.25, -0.2) is 8.42 Å². The third kappa shape index (κ3) is 5.02. The number of rotatable bonds is 7. The molecule has 0 radical (unpaired) electrons. The van der Waals surface area contributed by atoms with Crippen LogP contribution in [0.3, 0.4) is 0 Å². The van der Waals surface area contributed by atoms with Gasteiger partial charge in [0.25, 0.3) is 5.91 Å². The van der Waals surface area contributed by atoms with Gasteiger partial charge in [0.2, 0.25) is 21.7 Å². The molecule has 2 heterocycles. The van der Waals surface area contributed by atoms with E-state index >= 15 is 0 Å². The van der Waals surface area contributed by atoms with Gasteiger partial charge in [0.15, 0.2) is 0 Å². The number of carbonyl (C=O) groups excluding carboxylic acids is 1. The van der Waals surface area contributed by atoms with Crippen molar-refractivity contribution in [1.29, 1.82) is 0 Å². The first kappa shape index (κ1) is 24.4. The molecule has 1 amide bonds. The fourth-order valence-corrected chi connectivity index (χ4v) is 5.38. The summed E-state index contributed by atoms with van der Waals surface area (Å²) in [6, 6.07) is 12.2. The van der Waals surface area contributed by atoms with Crippen LogP contribution in [-0.4, -0.2) is 73.3 Å². The van der Waals surface area contributed by atoms with Crippen molar-refractivity contribution in [2.45, 2.75) is 23.3 Å². The summed E-state index contributed by atoms with van der Waals surface area (Å²) in [5, 5.41) is 4.00. The molecule has 9 nitrogen and oxygen atoms in total. The van der Waals surface area contributed by atoms with E-state index in [-0.39, 0.29) is 23.2 Å². The van der Waals surface area contributed by atoms with Crippen molar-refractivity contribution in [2.75, 3.05) is 39.6 Å². The first-order chi connectivity index (χ1) is 16.3.